The molecule has 0 aromatic heterocycles. The topological polar surface area (TPSA) is 95.7 Å². The molecule has 0 aliphatic rings. The molecule has 0 heterocycles. The SMILES string of the molecule is O=[N+]([O-])OS(=O)(=O)[O][Mo]. The fraction of sp³-hybridized carbons (Fsp3) is 0. The van der Waals surface area contributed by atoms with Crippen molar-refractivity contribution in [2.45, 2.75) is 0 Å². The van der Waals surface area contributed by atoms with Gasteiger partial charge in [0.2, 0.25) is 0 Å². The fourth-order valence-corrected chi connectivity index (χ4v) is 0.444. The Morgan fingerprint density at radius 1 is 1.56 bits per heavy atom. The Morgan fingerprint density at radius 3 is 2.11 bits per heavy atom. The molecule has 0 atom stereocenters. The van der Waals surface area contributed by atoms with E-state index in [0.29, 0.717) is 20.2 Å². The van der Waals surface area contributed by atoms with E-state index in [1.165, 1.54) is 0 Å². The second kappa shape index (κ2) is 3.09. The van der Waals surface area contributed by atoms with Crippen LogP contribution in [0.5, 0.6) is 0 Å². The summed E-state index contributed by atoms with van der Waals surface area (Å²) < 4.78 is 26.5. The molecule has 9 heteroatoms. The van der Waals surface area contributed by atoms with E-state index in [2.05, 4.69) is 7.12 Å². The summed E-state index contributed by atoms with van der Waals surface area (Å²) in [7, 11) is -4.41. The van der Waals surface area contributed by atoms with Crippen LogP contribution in [0.25, 0.3) is 0 Å². The summed E-state index contributed by atoms with van der Waals surface area (Å²) in [6.07, 6.45) is 0. The minimum atomic E-state index is -4.41. The van der Waals surface area contributed by atoms with Gasteiger partial charge in [-0.15, -0.1) is 0 Å². The average molecular weight is 238 g/mol. The first kappa shape index (κ1) is 8.80. The van der Waals surface area contributed by atoms with Crippen LogP contribution in [0.2, 0.25) is 0 Å². The van der Waals surface area contributed by atoms with E-state index in [9.17, 15) is 18.5 Å². The average Bonchev–Trinajstić information content (AvgIpc) is 1.63. The number of hydrogen-bond acceptors (Lipinski definition) is 6. The number of rotatable bonds is 3. The van der Waals surface area contributed by atoms with E-state index in [0.717, 1.165) is 0 Å². The van der Waals surface area contributed by atoms with Gasteiger partial charge in [-0.1, -0.05) is 0 Å². The summed E-state index contributed by atoms with van der Waals surface area (Å²) in [5.41, 5.74) is 0. The second-order valence-corrected chi connectivity index (χ2v) is 2.88. The molecule has 0 unspecified atom stereocenters. The molecule has 0 spiro atoms. The van der Waals surface area contributed by atoms with E-state index in [4.69, 9.17) is 0 Å². The van der Waals surface area contributed by atoms with Gasteiger partial charge in [0.1, 0.15) is 0 Å². The first-order chi connectivity index (χ1) is 3.98. The molecule has 0 saturated carbocycles. The number of nitrogens with zero attached hydrogens (tertiary/aromatic N) is 1. The van der Waals surface area contributed by atoms with E-state index in [1.54, 1.807) is 0 Å². The zero-order chi connectivity index (χ0) is 7.49. The van der Waals surface area contributed by atoms with Crippen LogP contribution in [0.15, 0.2) is 0 Å². The molecule has 0 amide bonds. The molecule has 7 nitrogen and oxygen atoms in total. The summed E-state index contributed by atoms with van der Waals surface area (Å²) >= 11 is 0.683. The van der Waals surface area contributed by atoms with Crippen molar-refractivity contribution in [3.05, 3.63) is 10.1 Å². The molecule has 0 bridgehead atoms. The molecular formula is MoNO6S. The van der Waals surface area contributed by atoms with Crippen molar-refractivity contribution in [1.29, 1.82) is 0 Å². The Hall–Kier alpha value is -0.202. The van der Waals surface area contributed by atoms with Gasteiger partial charge < -0.3 is 0 Å². The summed E-state index contributed by atoms with van der Waals surface area (Å²) in [6.45, 7) is 0. The van der Waals surface area contributed by atoms with Crippen molar-refractivity contribution >= 4 is 10.4 Å². The third kappa shape index (κ3) is 4.31. The molecule has 9 heavy (non-hydrogen) atoms. The Labute approximate surface area is 61.7 Å². The first-order valence-electron chi connectivity index (χ1n) is 1.38. The summed E-state index contributed by atoms with van der Waals surface area (Å²) in [6, 6.07) is 0. The Kier molecular flexibility index (Phi) is 3.02. The van der Waals surface area contributed by atoms with E-state index < -0.39 is 15.5 Å². The molecule has 0 rings (SSSR count). The van der Waals surface area contributed by atoms with Gasteiger partial charge in [0.15, 0.2) is 0 Å². The van der Waals surface area contributed by atoms with Gasteiger partial charge in [0.05, 0.1) is 0 Å². The molecular weight excluding hydrogens is 238 g/mol. The third-order valence-electron chi connectivity index (χ3n) is 0.235. The number of hydrogen-bond donors (Lipinski definition) is 0. The van der Waals surface area contributed by atoms with Gasteiger partial charge in [0, 0.05) is 0 Å². The van der Waals surface area contributed by atoms with Crippen molar-refractivity contribution in [3.63, 3.8) is 0 Å². The molecule has 0 aromatic rings. The van der Waals surface area contributed by atoms with Crippen LogP contribution in [-0.2, 0) is 37.7 Å². The van der Waals surface area contributed by atoms with Crippen LogP contribution in [0.4, 0.5) is 0 Å². The van der Waals surface area contributed by atoms with E-state index in [1.807, 2.05) is 0 Å². The molecule has 0 aromatic carbocycles. The quantitative estimate of drug-likeness (QED) is 0.352. The van der Waals surface area contributed by atoms with Crippen molar-refractivity contribution < 1.29 is 40.8 Å². The van der Waals surface area contributed by atoms with Crippen LogP contribution in [-0.4, -0.2) is 13.5 Å². The van der Waals surface area contributed by atoms with Crippen LogP contribution in [0.3, 0.4) is 0 Å². The molecule has 0 radical (unpaired) electrons. The van der Waals surface area contributed by atoms with Crippen molar-refractivity contribution in [2.75, 3.05) is 0 Å². The van der Waals surface area contributed by atoms with Crippen molar-refractivity contribution in [2.24, 2.45) is 0 Å². The van der Waals surface area contributed by atoms with Gasteiger partial charge in [-0.25, -0.2) is 0 Å². The van der Waals surface area contributed by atoms with Gasteiger partial charge in [0.25, 0.3) is 0 Å². The van der Waals surface area contributed by atoms with Crippen LogP contribution in [0, 0.1) is 10.1 Å². The maximum absolute atomic E-state index is 9.93. The standard InChI is InChI=1S/Mo.HNO6S/c;2-1(3)7-8(4,5)6/h;(H,4,5,6)/q+1;/p-1. The van der Waals surface area contributed by atoms with Gasteiger partial charge >= 0.3 is 61.3 Å². The van der Waals surface area contributed by atoms with Crippen LogP contribution >= 0.6 is 0 Å². The molecule has 0 N–H and O–H groups in total. The van der Waals surface area contributed by atoms with Gasteiger partial charge in [-0.05, 0) is 0 Å². The Balaban J connectivity index is 4.06. The maximum atomic E-state index is 9.93. The van der Waals surface area contributed by atoms with Crippen LogP contribution in [0.1, 0.15) is 0 Å². The molecule has 53 valence electrons. The zero-order valence-electron chi connectivity index (χ0n) is 3.71. The van der Waals surface area contributed by atoms with Crippen molar-refractivity contribution in [1.82, 2.24) is 0 Å². The molecule has 0 aliphatic carbocycles. The summed E-state index contributed by atoms with van der Waals surface area (Å²) in [5.74, 6) is 0. The third-order valence-corrected chi connectivity index (χ3v) is 1.94. The molecule has 0 fully saturated rings. The Bertz CT molecular complexity index is 191. The van der Waals surface area contributed by atoms with Gasteiger partial charge in [-0.2, -0.15) is 0 Å². The first-order valence-corrected chi connectivity index (χ1v) is 3.53. The van der Waals surface area contributed by atoms with Crippen LogP contribution < -0.4 is 0 Å². The monoisotopic (exact) mass is 240 g/mol. The second-order valence-electron chi connectivity index (χ2n) is 0.774. The normalized spacial score (nSPS) is 10.7. The fourth-order valence-electron chi connectivity index (χ4n) is 0.0870. The van der Waals surface area contributed by atoms with E-state index >= 15 is 0 Å². The Morgan fingerprint density at radius 2 is 2.00 bits per heavy atom. The minimum absolute atomic E-state index is 0.683. The van der Waals surface area contributed by atoms with E-state index in [-0.39, 0.29) is 0 Å². The summed E-state index contributed by atoms with van der Waals surface area (Å²) in [4.78, 5) is 9.30. The van der Waals surface area contributed by atoms with Crippen molar-refractivity contribution in [3.8, 4) is 0 Å². The zero-order valence-corrected chi connectivity index (χ0v) is 6.54. The predicted molar refractivity (Wildman–Crippen MR) is 18.1 cm³/mol. The molecule has 0 saturated heterocycles. The van der Waals surface area contributed by atoms with Gasteiger partial charge in [-0.3, -0.25) is 0 Å². The predicted octanol–water partition coefficient (Wildman–Crippen LogP) is -1.08. The summed E-state index contributed by atoms with van der Waals surface area (Å²) in [5, 5.41) is 7.83. The molecule has 0 aliphatic heterocycles.